The van der Waals surface area contributed by atoms with Crippen molar-refractivity contribution in [2.24, 2.45) is 0 Å². The second kappa shape index (κ2) is 6.41. The summed E-state index contributed by atoms with van der Waals surface area (Å²) in [6.45, 7) is 6.16. The Kier molecular flexibility index (Phi) is 5.04. The molecule has 1 aromatic heterocycles. The van der Waals surface area contributed by atoms with Crippen molar-refractivity contribution in [1.29, 1.82) is 0 Å². The molecule has 0 fully saturated rings. The smallest absolute Gasteiger partial charge is 0.239 e. The Morgan fingerprint density at radius 3 is 2.80 bits per heavy atom. The van der Waals surface area contributed by atoms with Gasteiger partial charge in [0.2, 0.25) is 5.91 Å². The van der Waals surface area contributed by atoms with Crippen molar-refractivity contribution in [2.75, 3.05) is 5.32 Å². The number of nitrogens with zero attached hydrogens (tertiary/aromatic N) is 1. The van der Waals surface area contributed by atoms with Crippen molar-refractivity contribution in [3.05, 3.63) is 22.7 Å². The van der Waals surface area contributed by atoms with Gasteiger partial charge in [0.05, 0.1) is 15.0 Å². The SMILES string of the molecule is CC[C@@H](Br)C(=O)Nc1nc2c(C(C)C)cc(Cl)cc2s1. The van der Waals surface area contributed by atoms with Crippen LogP contribution in [-0.4, -0.2) is 15.7 Å². The van der Waals surface area contributed by atoms with Crippen LogP contribution in [-0.2, 0) is 4.79 Å². The number of carbonyl (C=O) groups is 1. The Labute approximate surface area is 135 Å². The van der Waals surface area contributed by atoms with Gasteiger partial charge in [0, 0.05) is 5.02 Å². The zero-order valence-electron chi connectivity index (χ0n) is 11.5. The number of aromatic nitrogens is 1. The summed E-state index contributed by atoms with van der Waals surface area (Å²) >= 11 is 10.9. The second-order valence-corrected chi connectivity index (χ2v) is 7.45. The topological polar surface area (TPSA) is 42.0 Å². The quantitative estimate of drug-likeness (QED) is 0.748. The second-order valence-electron chi connectivity index (χ2n) is 4.88. The molecule has 108 valence electrons. The number of rotatable bonds is 4. The third-order valence-corrected chi connectivity index (χ3v) is 5.18. The van der Waals surface area contributed by atoms with E-state index in [0.29, 0.717) is 16.1 Å². The fraction of sp³-hybridized carbons (Fsp3) is 0.429. The minimum Gasteiger partial charge on any atom is -0.301 e. The predicted molar refractivity (Wildman–Crippen MR) is 90.4 cm³/mol. The number of nitrogens with one attached hydrogen (secondary N) is 1. The van der Waals surface area contributed by atoms with Crippen LogP contribution in [0.2, 0.25) is 5.02 Å². The molecule has 0 bridgehead atoms. The molecule has 0 radical (unpaired) electrons. The van der Waals surface area contributed by atoms with Crippen molar-refractivity contribution in [1.82, 2.24) is 4.98 Å². The molecule has 0 aliphatic rings. The summed E-state index contributed by atoms with van der Waals surface area (Å²) in [4.78, 5) is 16.2. The van der Waals surface area contributed by atoms with E-state index < -0.39 is 0 Å². The molecular formula is C14H16BrClN2OS. The summed E-state index contributed by atoms with van der Waals surface area (Å²) in [5.74, 6) is 0.269. The lowest BCUT2D eigenvalue weighted by atomic mass is 10.0. The maximum atomic E-state index is 11.9. The van der Waals surface area contributed by atoms with Gasteiger partial charge in [0.25, 0.3) is 0 Å². The molecule has 0 saturated carbocycles. The highest BCUT2D eigenvalue weighted by Crippen LogP contribution is 2.34. The minimum absolute atomic E-state index is 0.0660. The lowest BCUT2D eigenvalue weighted by Gasteiger charge is -2.06. The van der Waals surface area contributed by atoms with Crippen molar-refractivity contribution >= 4 is 60.1 Å². The van der Waals surface area contributed by atoms with Gasteiger partial charge in [0.15, 0.2) is 5.13 Å². The first kappa shape index (κ1) is 15.7. The van der Waals surface area contributed by atoms with Gasteiger partial charge in [-0.25, -0.2) is 4.98 Å². The molecular weight excluding hydrogens is 360 g/mol. The van der Waals surface area contributed by atoms with Gasteiger partial charge in [-0.2, -0.15) is 0 Å². The van der Waals surface area contributed by atoms with Crippen LogP contribution in [0.4, 0.5) is 5.13 Å². The highest BCUT2D eigenvalue weighted by Gasteiger charge is 2.17. The van der Waals surface area contributed by atoms with E-state index >= 15 is 0 Å². The Morgan fingerprint density at radius 2 is 2.20 bits per heavy atom. The van der Waals surface area contributed by atoms with Crippen LogP contribution >= 0.6 is 38.9 Å². The number of amides is 1. The van der Waals surface area contributed by atoms with E-state index in [-0.39, 0.29) is 10.7 Å². The standard InChI is InChI=1S/C14H16BrClN2OS/c1-4-10(15)13(19)18-14-17-12-9(7(2)3)5-8(16)6-11(12)20-14/h5-7,10H,4H2,1-3H3,(H,17,18,19)/t10-/m1/s1. The van der Waals surface area contributed by atoms with Gasteiger partial charge in [-0.1, -0.05) is 59.6 Å². The van der Waals surface area contributed by atoms with Gasteiger partial charge < -0.3 is 5.32 Å². The molecule has 0 spiro atoms. The number of anilines is 1. The molecule has 1 aromatic carbocycles. The molecule has 2 aromatic rings. The fourth-order valence-corrected chi connectivity index (χ4v) is 3.23. The first-order valence-corrected chi connectivity index (χ1v) is 8.58. The molecule has 1 atom stereocenters. The Hall–Kier alpha value is -0.650. The monoisotopic (exact) mass is 374 g/mol. The average molecular weight is 376 g/mol. The Morgan fingerprint density at radius 1 is 1.50 bits per heavy atom. The summed E-state index contributed by atoms with van der Waals surface area (Å²) < 4.78 is 0.999. The molecule has 3 nitrogen and oxygen atoms in total. The van der Waals surface area contributed by atoms with E-state index in [1.165, 1.54) is 11.3 Å². The summed E-state index contributed by atoms with van der Waals surface area (Å²) in [6, 6.07) is 3.83. The third-order valence-electron chi connectivity index (χ3n) is 2.98. The van der Waals surface area contributed by atoms with E-state index in [4.69, 9.17) is 11.6 Å². The number of benzene rings is 1. The zero-order valence-corrected chi connectivity index (χ0v) is 14.7. The normalized spacial score (nSPS) is 12.9. The number of fused-ring (bicyclic) bond motifs is 1. The average Bonchev–Trinajstić information content (AvgIpc) is 2.78. The fourth-order valence-electron chi connectivity index (χ4n) is 1.88. The predicted octanol–water partition coefficient (Wildman–Crippen LogP) is 5.19. The van der Waals surface area contributed by atoms with Gasteiger partial charge in [-0.05, 0) is 30.0 Å². The summed E-state index contributed by atoms with van der Waals surface area (Å²) in [5.41, 5.74) is 2.03. The number of carbonyl (C=O) groups excluding carboxylic acids is 1. The summed E-state index contributed by atoms with van der Waals surface area (Å²) in [7, 11) is 0. The van der Waals surface area contributed by atoms with Crippen LogP contribution in [0.3, 0.4) is 0 Å². The van der Waals surface area contributed by atoms with Gasteiger partial charge in [-0.3, -0.25) is 4.79 Å². The molecule has 0 saturated heterocycles. The maximum Gasteiger partial charge on any atom is 0.239 e. The highest BCUT2D eigenvalue weighted by molar-refractivity contribution is 9.10. The number of hydrogen-bond acceptors (Lipinski definition) is 3. The lowest BCUT2D eigenvalue weighted by molar-refractivity contribution is -0.115. The maximum absolute atomic E-state index is 11.9. The summed E-state index contributed by atoms with van der Waals surface area (Å²) in [6.07, 6.45) is 0.736. The van der Waals surface area contributed by atoms with E-state index in [1.807, 2.05) is 19.1 Å². The molecule has 1 amide bonds. The highest BCUT2D eigenvalue weighted by atomic mass is 79.9. The molecule has 0 unspecified atom stereocenters. The molecule has 2 rings (SSSR count). The van der Waals surface area contributed by atoms with Crippen LogP contribution in [0.15, 0.2) is 12.1 Å². The van der Waals surface area contributed by atoms with Crippen molar-refractivity contribution in [3.63, 3.8) is 0 Å². The van der Waals surface area contributed by atoms with Crippen molar-refractivity contribution < 1.29 is 4.79 Å². The summed E-state index contributed by atoms with van der Waals surface area (Å²) in [5, 5.41) is 4.17. The van der Waals surface area contributed by atoms with E-state index in [9.17, 15) is 4.79 Å². The van der Waals surface area contributed by atoms with Crippen LogP contribution in [0, 0.1) is 0 Å². The molecule has 1 N–H and O–H groups in total. The van der Waals surface area contributed by atoms with E-state index in [1.54, 1.807) is 0 Å². The Bertz CT molecular complexity index is 641. The lowest BCUT2D eigenvalue weighted by Crippen LogP contribution is -2.21. The van der Waals surface area contributed by atoms with Crippen LogP contribution in [0.25, 0.3) is 10.2 Å². The number of thiazole rings is 1. The van der Waals surface area contributed by atoms with E-state index in [2.05, 4.69) is 40.1 Å². The molecule has 20 heavy (non-hydrogen) atoms. The first-order valence-electron chi connectivity index (χ1n) is 6.47. The van der Waals surface area contributed by atoms with E-state index in [0.717, 1.165) is 22.2 Å². The minimum atomic E-state index is -0.192. The molecule has 1 heterocycles. The molecule has 6 heteroatoms. The number of hydrogen-bond donors (Lipinski definition) is 1. The number of halogens is 2. The van der Waals surface area contributed by atoms with Crippen LogP contribution in [0.1, 0.15) is 38.7 Å². The number of alkyl halides is 1. The molecule has 0 aliphatic carbocycles. The largest absolute Gasteiger partial charge is 0.301 e. The van der Waals surface area contributed by atoms with Gasteiger partial charge in [0.1, 0.15) is 0 Å². The van der Waals surface area contributed by atoms with Crippen LogP contribution in [0.5, 0.6) is 0 Å². The molecule has 0 aliphatic heterocycles. The third kappa shape index (κ3) is 3.32. The first-order chi connectivity index (χ1) is 9.42. The van der Waals surface area contributed by atoms with Crippen LogP contribution < -0.4 is 5.32 Å². The Balaban J connectivity index is 2.38. The van der Waals surface area contributed by atoms with Crippen molar-refractivity contribution in [2.45, 2.75) is 37.9 Å². The van der Waals surface area contributed by atoms with Gasteiger partial charge >= 0.3 is 0 Å². The zero-order chi connectivity index (χ0) is 14.9. The van der Waals surface area contributed by atoms with Crippen molar-refractivity contribution in [3.8, 4) is 0 Å². The van der Waals surface area contributed by atoms with Gasteiger partial charge in [-0.15, -0.1) is 0 Å².